The number of benzene rings is 2. The Morgan fingerprint density at radius 2 is 1.63 bits per heavy atom. The van der Waals surface area contributed by atoms with Crippen LogP contribution >= 0.6 is 7.60 Å². The highest BCUT2D eigenvalue weighted by Gasteiger charge is 2.30. The Morgan fingerprint density at radius 1 is 1.00 bits per heavy atom. The summed E-state index contributed by atoms with van der Waals surface area (Å²) in [6, 6.07) is 13.1. The monoisotopic (exact) mass is 430 g/mol. The highest BCUT2D eigenvalue weighted by molar-refractivity contribution is 7.62. The third-order valence-corrected chi connectivity index (χ3v) is 6.30. The summed E-state index contributed by atoms with van der Waals surface area (Å²) < 4.78 is 34.6. The zero-order valence-electron chi connectivity index (χ0n) is 17.4. The zero-order chi connectivity index (χ0) is 22.1. The molecule has 0 saturated heterocycles. The molecule has 0 unspecified atom stereocenters. The molecule has 0 saturated carbocycles. The SMILES string of the molecule is COP(=O)(OC)c1cc(OC(=O)C(C)(C)C)c2c(=O)cc(-c3ccccc3)oc2c1. The molecule has 30 heavy (non-hydrogen) atoms. The van der Waals surface area contributed by atoms with E-state index in [0.717, 1.165) is 0 Å². The second-order valence-corrected chi connectivity index (χ2v) is 9.90. The maximum Gasteiger partial charge on any atom is 0.361 e. The van der Waals surface area contributed by atoms with Gasteiger partial charge in [0.2, 0.25) is 0 Å². The lowest BCUT2D eigenvalue weighted by Crippen LogP contribution is -2.26. The van der Waals surface area contributed by atoms with Crippen LogP contribution in [0.5, 0.6) is 5.75 Å². The number of ether oxygens (including phenoxy) is 1. The second-order valence-electron chi connectivity index (χ2n) is 7.66. The van der Waals surface area contributed by atoms with E-state index in [1.807, 2.05) is 18.2 Å². The molecule has 0 aliphatic carbocycles. The molecule has 1 aromatic heterocycles. The predicted molar refractivity (Wildman–Crippen MR) is 114 cm³/mol. The summed E-state index contributed by atoms with van der Waals surface area (Å²) in [5.41, 5.74) is -0.427. The highest BCUT2D eigenvalue weighted by Crippen LogP contribution is 2.46. The van der Waals surface area contributed by atoms with Gasteiger partial charge < -0.3 is 18.2 Å². The normalized spacial score (nSPS) is 12.2. The number of hydrogen-bond donors (Lipinski definition) is 0. The van der Waals surface area contributed by atoms with Gasteiger partial charge in [0.05, 0.1) is 10.7 Å². The number of carbonyl (C=O) groups is 1. The summed E-state index contributed by atoms with van der Waals surface area (Å²) in [5.74, 6) is -0.301. The van der Waals surface area contributed by atoms with Gasteiger partial charge in [-0.05, 0) is 32.9 Å². The summed E-state index contributed by atoms with van der Waals surface area (Å²) in [6.07, 6.45) is 0. The minimum atomic E-state index is -3.70. The van der Waals surface area contributed by atoms with Gasteiger partial charge in [0.25, 0.3) is 0 Å². The molecule has 0 amide bonds. The van der Waals surface area contributed by atoms with Crippen molar-refractivity contribution in [2.45, 2.75) is 20.8 Å². The van der Waals surface area contributed by atoms with Crippen LogP contribution in [0.15, 0.2) is 57.7 Å². The first-order valence-corrected chi connectivity index (χ1v) is 10.7. The fraction of sp³-hybridized carbons (Fsp3) is 0.273. The molecule has 1 heterocycles. The van der Waals surface area contributed by atoms with E-state index in [9.17, 15) is 14.2 Å². The predicted octanol–water partition coefficient (Wildman–Crippen LogP) is 4.52. The molecule has 158 valence electrons. The molecule has 8 heteroatoms. The van der Waals surface area contributed by atoms with Crippen LogP contribution in [0.4, 0.5) is 0 Å². The molecule has 7 nitrogen and oxygen atoms in total. The summed E-state index contributed by atoms with van der Waals surface area (Å²) in [5, 5.41) is 0.167. The Hall–Kier alpha value is -2.73. The van der Waals surface area contributed by atoms with E-state index < -0.39 is 24.4 Å². The van der Waals surface area contributed by atoms with Crippen LogP contribution in [-0.4, -0.2) is 20.2 Å². The van der Waals surface area contributed by atoms with Crippen LogP contribution < -0.4 is 15.5 Å². The molecule has 0 radical (unpaired) electrons. The van der Waals surface area contributed by atoms with Crippen molar-refractivity contribution < 1.29 is 27.6 Å². The third kappa shape index (κ3) is 4.24. The molecular formula is C22H23O7P. The molecule has 0 atom stereocenters. The zero-order valence-corrected chi connectivity index (χ0v) is 18.3. The fourth-order valence-electron chi connectivity index (χ4n) is 2.76. The Bertz CT molecular complexity index is 1180. The van der Waals surface area contributed by atoms with Crippen LogP contribution in [0.1, 0.15) is 20.8 Å². The van der Waals surface area contributed by atoms with Gasteiger partial charge in [-0.2, -0.15) is 0 Å². The molecule has 0 aliphatic heterocycles. The molecular weight excluding hydrogens is 407 g/mol. The highest BCUT2D eigenvalue weighted by atomic mass is 31.2. The number of esters is 1. The van der Waals surface area contributed by atoms with Gasteiger partial charge >= 0.3 is 13.6 Å². The van der Waals surface area contributed by atoms with Crippen molar-refractivity contribution >= 4 is 29.8 Å². The van der Waals surface area contributed by atoms with E-state index >= 15 is 0 Å². The minimum Gasteiger partial charge on any atom is -0.456 e. The maximum atomic E-state index is 13.0. The summed E-state index contributed by atoms with van der Waals surface area (Å²) >= 11 is 0. The smallest absolute Gasteiger partial charge is 0.361 e. The Labute approximate surface area is 174 Å². The topological polar surface area (TPSA) is 92.0 Å². The van der Waals surface area contributed by atoms with Crippen LogP contribution in [-0.2, 0) is 18.4 Å². The molecule has 0 N–H and O–H groups in total. The van der Waals surface area contributed by atoms with Gasteiger partial charge in [-0.3, -0.25) is 14.2 Å². The van der Waals surface area contributed by atoms with E-state index in [4.69, 9.17) is 18.2 Å². The number of carbonyl (C=O) groups excluding carboxylic acids is 1. The standard InChI is InChI=1S/C22H23O7P/c1-22(2,3)21(24)29-19-12-15(30(25,26-4)27-5)11-18-20(19)16(23)13-17(28-18)14-9-7-6-8-10-14/h6-13H,1-5H3. The average Bonchev–Trinajstić information content (AvgIpc) is 2.72. The molecule has 0 spiro atoms. The van der Waals surface area contributed by atoms with Gasteiger partial charge in [-0.15, -0.1) is 0 Å². The lowest BCUT2D eigenvalue weighted by molar-refractivity contribution is -0.142. The maximum absolute atomic E-state index is 13.0. The Morgan fingerprint density at radius 3 is 2.20 bits per heavy atom. The molecule has 3 rings (SSSR count). The summed E-state index contributed by atoms with van der Waals surface area (Å²) in [6.45, 7) is 5.06. The third-order valence-electron chi connectivity index (χ3n) is 4.45. The molecule has 2 aromatic carbocycles. The van der Waals surface area contributed by atoms with Crippen molar-refractivity contribution in [1.29, 1.82) is 0 Å². The first-order chi connectivity index (χ1) is 14.1. The van der Waals surface area contributed by atoms with E-state index in [1.165, 1.54) is 32.4 Å². The first-order valence-electron chi connectivity index (χ1n) is 9.21. The van der Waals surface area contributed by atoms with E-state index in [0.29, 0.717) is 11.3 Å². The van der Waals surface area contributed by atoms with Gasteiger partial charge in [-0.1, -0.05) is 30.3 Å². The minimum absolute atomic E-state index is 0.0646. The number of hydrogen-bond acceptors (Lipinski definition) is 7. The number of rotatable bonds is 5. The van der Waals surface area contributed by atoms with Gasteiger partial charge in [0, 0.05) is 25.8 Å². The fourth-order valence-corrected chi connectivity index (χ4v) is 3.88. The van der Waals surface area contributed by atoms with Gasteiger partial charge in [0.1, 0.15) is 22.5 Å². The van der Waals surface area contributed by atoms with E-state index in [1.54, 1.807) is 32.9 Å². The van der Waals surface area contributed by atoms with Crippen molar-refractivity contribution in [1.82, 2.24) is 0 Å². The van der Waals surface area contributed by atoms with E-state index in [-0.39, 0.29) is 22.0 Å². The summed E-state index contributed by atoms with van der Waals surface area (Å²) in [4.78, 5) is 25.4. The first kappa shape index (κ1) is 22.0. The number of fused-ring (bicyclic) bond motifs is 1. The van der Waals surface area contributed by atoms with Crippen molar-refractivity contribution in [3.63, 3.8) is 0 Å². The van der Waals surface area contributed by atoms with Crippen LogP contribution in [0.2, 0.25) is 0 Å². The van der Waals surface area contributed by atoms with Crippen molar-refractivity contribution in [3.05, 3.63) is 58.8 Å². The van der Waals surface area contributed by atoms with Crippen molar-refractivity contribution in [2.75, 3.05) is 14.2 Å². The quantitative estimate of drug-likeness (QED) is 0.334. The molecule has 0 bridgehead atoms. The Balaban J connectivity index is 2.31. The van der Waals surface area contributed by atoms with Crippen LogP contribution in [0.25, 0.3) is 22.3 Å². The van der Waals surface area contributed by atoms with Gasteiger partial charge in [0.15, 0.2) is 5.43 Å². The largest absolute Gasteiger partial charge is 0.456 e. The van der Waals surface area contributed by atoms with Crippen LogP contribution in [0.3, 0.4) is 0 Å². The average molecular weight is 430 g/mol. The molecule has 0 aliphatic rings. The lowest BCUT2D eigenvalue weighted by atomic mass is 9.97. The van der Waals surface area contributed by atoms with Crippen molar-refractivity contribution in [2.24, 2.45) is 5.41 Å². The molecule has 3 aromatic rings. The van der Waals surface area contributed by atoms with E-state index in [2.05, 4.69) is 0 Å². The molecule has 0 fully saturated rings. The Kier molecular flexibility index (Phi) is 5.99. The van der Waals surface area contributed by atoms with Gasteiger partial charge in [-0.25, -0.2) is 0 Å². The lowest BCUT2D eigenvalue weighted by Gasteiger charge is -2.19. The van der Waals surface area contributed by atoms with Crippen LogP contribution in [0, 0.1) is 5.41 Å². The second kappa shape index (κ2) is 8.19. The van der Waals surface area contributed by atoms with Crippen molar-refractivity contribution in [3.8, 4) is 17.1 Å². The summed E-state index contributed by atoms with van der Waals surface area (Å²) in [7, 11) is -1.22.